The Bertz CT molecular complexity index is 1070. The first-order chi connectivity index (χ1) is 14.1. The van der Waals surface area contributed by atoms with E-state index in [-0.39, 0.29) is 18.4 Å². The number of carboxylic acids is 1. The monoisotopic (exact) mass is 388 g/mol. The van der Waals surface area contributed by atoms with E-state index in [9.17, 15) is 14.7 Å². The minimum Gasteiger partial charge on any atom is -0.480 e. The molecule has 0 spiro atoms. The quantitative estimate of drug-likeness (QED) is 0.648. The van der Waals surface area contributed by atoms with Crippen molar-refractivity contribution in [2.75, 3.05) is 11.4 Å². The van der Waals surface area contributed by atoms with Crippen LogP contribution in [-0.2, 0) is 29.0 Å². The number of aliphatic carboxylic acids is 1. The van der Waals surface area contributed by atoms with Crippen molar-refractivity contribution in [1.82, 2.24) is 4.57 Å². The predicted octanol–water partition coefficient (Wildman–Crippen LogP) is 4.05. The zero-order valence-corrected chi connectivity index (χ0v) is 16.3. The van der Waals surface area contributed by atoms with Gasteiger partial charge >= 0.3 is 5.97 Å². The third-order valence-electron chi connectivity index (χ3n) is 5.66. The van der Waals surface area contributed by atoms with Crippen molar-refractivity contribution in [3.8, 4) is 0 Å². The molecule has 0 bridgehead atoms. The van der Waals surface area contributed by atoms with Gasteiger partial charge in [0, 0.05) is 34.7 Å². The van der Waals surface area contributed by atoms with Gasteiger partial charge in [-0.25, -0.2) is 0 Å². The molecule has 0 fully saturated rings. The number of anilines is 1. The van der Waals surface area contributed by atoms with E-state index in [1.54, 1.807) is 11.0 Å². The first-order valence-corrected chi connectivity index (χ1v) is 9.88. The van der Waals surface area contributed by atoms with Gasteiger partial charge in [0.05, 0.1) is 0 Å². The van der Waals surface area contributed by atoms with Gasteiger partial charge in [-0.1, -0.05) is 42.5 Å². The fraction of sp³-hybridized carbons (Fsp3) is 0.250. The molecule has 3 aromatic rings. The van der Waals surface area contributed by atoms with E-state index in [0.717, 1.165) is 27.8 Å². The van der Waals surface area contributed by atoms with Crippen molar-refractivity contribution in [2.45, 2.75) is 25.8 Å². The number of carboxylic acid groups (broad SMARTS) is 1. The lowest BCUT2D eigenvalue weighted by Crippen LogP contribution is -2.38. The van der Waals surface area contributed by atoms with Gasteiger partial charge in [-0.15, -0.1) is 6.58 Å². The summed E-state index contributed by atoms with van der Waals surface area (Å²) in [5.74, 6) is -0.892. The molecule has 1 aliphatic rings. The summed E-state index contributed by atoms with van der Waals surface area (Å²) in [4.78, 5) is 26.6. The number of carbonyl (C=O) groups excluding carboxylic acids is 1. The molecule has 1 atom stereocenters. The third kappa shape index (κ3) is 3.56. The van der Waals surface area contributed by atoms with Crippen molar-refractivity contribution < 1.29 is 14.7 Å². The summed E-state index contributed by atoms with van der Waals surface area (Å²) in [5, 5.41) is 10.4. The average molecular weight is 388 g/mol. The van der Waals surface area contributed by atoms with Gasteiger partial charge in [0.1, 0.15) is 6.54 Å². The van der Waals surface area contributed by atoms with Gasteiger partial charge in [0.2, 0.25) is 5.91 Å². The highest BCUT2D eigenvalue weighted by Crippen LogP contribution is 2.35. The van der Waals surface area contributed by atoms with Gasteiger partial charge in [-0.3, -0.25) is 9.59 Å². The molecule has 1 amide bonds. The second-order valence-corrected chi connectivity index (χ2v) is 7.44. The largest absolute Gasteiger partial charge is 0.480 e. The maximum Gasteiger partial charge on any atom is 0.323 e. The molecule has 1 aliphatic carbocycles. The van der Waals surface area contributed by atoms with E-state index < -0.39 is 5.97 Å². The van der Waals surface area contributed by atoms with Crippen molar-refractivity contribution >= 4 is 28.5 Å². The highest BCUT2D eigenvalue weighted by atomic mass is 16.4. The van der Waals surface area contributed by atoms with Crippen molar-refractivity contribution in [3.63, 3.8) is 0 Å². The van der Waals surface area contributed by atoms with Crippen LogP contribution >= 0.6 is 0 Å². The number of hydrogen-bond donors (Lipinski definition) is 1. The molecule has 5 nitrogen and oxygen atoms in total. The standard InChI is InChI=1S/C24H24N2O3/c1-2-14-25(18-8-4-3-5-9-18)24(29)17-12-13-22-20(15-17)19-10-6-7-11-21(19)26(22)16-23(27)28/h2-11,17H,1,12-16H2,(H,27,28). The topological polar surface area (TPSA) is 62.5 Å². The Morgan fingerprint density at radius 2 is 1.86 bits per heavy atom. The molecule has 148 valence electrons. The molecule has 2 aromatic carbocycles. The van der Waals surface area contributed by atoms with Crippen LogP contribution < -0.4 is 4.90 Å². The van der Waals surface area contributed by atoms with Crippen LogP contribution in [0.2, 0.25) is 0 Å². The fourth-order valence-electron chi connectivity index (χ4n) is 4.41. The lowest BCUT2D eigenvalue weighted by molar-refractivity contribution is -0.137. The third-order valence-corrected chi connectivity index (χ3v) is 5.66. The number of carbonyl (C=O) groups is 2. The molecule has 1 unspecified atom stereocenters. The number of aromatic nitrogens is 1. The summed E-state index contributed by atoms with van der Waals surface area (Å²) in [6, 6.07) is 17.5. The number of hydrogen-bond acceptors (Lipinski definition) is 2. The highest BCUT2D eigenvalue weighted by Gasteiger charge is 2.32. The summed E-state index contributed by atoms with van der Waals surface area (Å²) < 4.78 is 1.90. The van der Waals surface area contributed by atoms with Crippen molar-refractivity contribution in [2.24, 2.45) is 5.92 Å². The Kier molecular flexibility index (Phi) is 5.21. The number of rotatable bonds is 6. The average Bonchev–Trinajstić information content (AvgIpc) is 3.05. The lowest BCUT2D eigenvalue weighted by atomic mass is 9.85. The van der Waals surface area contributed by atoms with E-state index >= 15 is 0 Å². The van der Waals surface area contributed by atoms with Crippen molar-refractivity contribution in [3.05, 3.63) is 78.5 Å². The van der Waals surface area contributed by atoms with Gasteiger partial charge in [0.15, 0.2) is 0 Å². The van der Waals surface area contributed by atoms with E-state index in [2.05, 4.69) is 6.58 Å². The maximum atomic E-state index is 13.4. The fourth-order valence-corrected chi connectivity index (χ4v) is 4.41. The van der Waals surface area contributed by atoms with Crippen LogP contribution in [0.25, 0.3) is 10.9 Å². The Balaban J connectivity index is 1.68. The second-order valence-electron chi connectivity index (χ2n) is 7.44. The molecule has 1 aromatic heterocycles. The predicted molar refractivity (Wildman–Crippen MR) is 114 cm³/mol. The molecule has 1 heterocycles. The minimum atomic E-state index is -0.854. The Labute approximate surface area is 169 Å². The molecule has 0 saturated heterocycles. The van der Waals surface area contributed by atoms with E-state index in [1.165, 1.54) is 0 Å². The maximum absolute atomic E-state index is 13.4. The lowest BCUT2D eigenvalue weighted by Gasteiger charge is -2.29. The number of para-hydroxylation sites is 2. The number of fused-ring (bicyclic) bond motifs is 3. The molecule has 29 heavy (non-hydrogen) atoms. The first kappa shape index (κ1) is 19.0. The summed E-state index contributed by atoms with van der Waals surface area (Å²) in [7, 11) is 0. The normalized spacial score (nSPS) is 15.7. The minimum absolute atomic E-state index is 0.0545. The summed E-state index contributed by atoms with van der Waals surface area (Å²) >= 11 is 0. The first-order valence-electron chi connectivity index (χ1n) is 9.88. The molecular weight excluding hydrogens is 364 g/mol. The number of benzene rings is 2. The summed E-state index contributed by atoms with van der Waals surface area (Å²) in [5.41, 5.74) is 3.96. The van der Waals surface area contributed by atoms with Gasteiger partial charge < -0.3 is 14.6 Å². The smallest absolute Gasteiger partial charge is 0.323 e. The Morgan fingerprint density at radius 3 is 2.59 bits per heavy atom. The summed E-state index contributed by atoms with van der Waals surface area (Å²) in [6.07, 6.45) is 3.78. The zero-order chi connectivity index (χ0) is 20.4. The van der Waals surface area contributed by atoms with Crippen LogP contribution in [0.15, 0.2) is 67.3 Å². The molecule has 0 aliphatic heterocycles. The summed E-state index contributed by atoms with van der Waals surface area (Å²) in [6.45, 7) is 4.22. The van der Waals surface area contributed by atoms with Gasteiger partial charge in [-0.2, -0.15) is 0 Å². The van der Waals surface area contributed by atoms with E-state index in [1.807, 2.05) is 59.2 Å². The zero-order valence-electron chi connectivity index (χ0n) is 16.3. The van der Waals surface area contributed by atoms with Gasteiger partial charge in [0.25, 0.3) is 0 Å². The number of nitrogens with zero attached hydrogens (tertiary/aromatic N) is 2. The van der Waals surface area contributed by atoms with Crippen molar-refractivity contribution in [1.29, 1.82) is 0 Å². The van der Waals surface area contributed by atoms with Crippen LogP contribution in [0.4, 0.5) is 5.69 Å². The molecule has 0 saturated carbocycles. The molecular formula is C24H24N2O3. The van der Waals surface area contributed by atoms with Crippen LogP contribution in [-0.4, -0.2) is 28.1 Å². The number of amides is 1. The van der Waals surface area contributed by atoms with Crippen LogP contribution in [0.5, 0.6) is 0 Å². The second kappa shape index (κ2) is 7.95. The van der Waals surface area contributed by atoms with Crippen LogP contribution in [0.3, 0.4) is 0 Å². The molecule has 5 heteroatoms. The molecule has 1 N–H and O–H groups in total. The van der Waals surface area contributed by atoms with Crippen LogP contribution in [0, 0.1) is 5.92 Å². The van der Waals surface area contributed by atoms with Crippen LogP contribution in [0.1, 0.15) is 17.7 Å². The molecule has 4 rings (SSSR count). The van der Waals surface area contributed by atoms with E-state index in [0.29, 0.717) is 25.8 Å². The Morgan fingerprint density at radius 1 is 1.14 bits per heavy atom. The van der Waals surface area contributed by atoms with E-state index in [4.69, 9.17) is 0 Å². The van der Waals surface area contributed by atoms with Gasteiger partial charge in [-0.05, 0) is 43.0 Å². The SMILES string of the molecule is C=CCN(C(=O)C1CCc2c(c3ccccc3n2CC(=O)O)C1)c1ccccc1. The molecule has 0 radical (unpaired) electrons. The highest BCUT2D eigenvalue weighted by molar-refractivity contribution is 5.96. The Hall–Kier alpha value is -3.34.